The predicted octanol–water partition coefficient (Wildman–Crippen LogP) is 5.88. The van der Waals surface area contributed by atoms with Crippen LogP contribution in [0.25, 0.3) is 26.6 Å². The number of carboxylic acid groups (broad SMARTS) is 1. The average Bonchev–Trinajstić information content (AvgIpc) is 3.10. The zero-order chi connectivity index (χ0) is 22.0. The first-order valence-electron chi connectivity index (χ1n) is 9.41. The van der Waals surface area contributed by atoms with E-state index in [1.165, 1.54) is 17.4 Å². The number of hydrogen-bond acceptors (Lipinski definition) is 6. The van der Waals surface area contributed by atoms with Crippen LogP contribution in [0.15, 0.2) is 60.7 Å². The molecule has 2 heterocycles. The highest BCUT2D eigenvalue weighted by atomic mass is 32.1. The van der Waals surface area contributed by atoms with Gasteiger partial charge in [-0.2, -0.15) is 0 Å². The van der Waals surface area contributed by atoms with Gasteiger partial charge in [-0.1, -0.05) is 12.1 Å². The van der Waals surface area contributed by atoms with Crippen LogP contribution in [0.4, 0.5) is 0 Å². The standard InChI is InChI=1S/C24H19NO5S/c1-14-18(10-11-21(25-14)29-2)24-23(19-9-6-16(26)13-20(19)31-24)30-17-7-3-15(4-8-17)5-12-22(27)28/h3-13,26H,1-2H3,(H,27,28). The van der Waals surface area contributed by atoms with Crippen molar-refractivity contribution in [2.24, 2.45) is 0 Å². The lowest BCUT2D eigenvalue weighted by molar-refractivity contribution is -0.131. The summed E-state index contributed by atoms with van der Waals surface area (Å²) in [6, 6.07) is 16.1. The van der Waals surface area contributed by atoms with Gasteiger partial charge in [-0.25, -0.2) is 9.78 Å². The third-order valence-corrected chi connectivity index (χ3v) is 5.83. The predicted molar refractivity (Wildman–Crippen MR) is 121 cm³/mol. The molecule has 0 saturated carbocycles. The van der Waals surface area contributed by atoms with Crippen LogP contribution in [0.3, 0.4) is 0 Å². The molecule has 156 valence electrons. The van der Waals surface area contributed by atoms with Crippen LogP contribution in [0, 0.1) is 6.92 Å². The number of aryl methyl sites for hydroxylation is 1. The van der Waals surface area contributed by atoms with Crippen LogP contribution in [-0.4, -0.2) is 28.3 Å². The summed E-state index contributed by atoms with van der Waals surface area (Å²) >= 11 is 1.51. The summed E-state index contributed by atoms with van der Waals surface area (Å²) in [6.07, 6.45) is 2.61. The van der Waals surface area contributed by atoms with Gasteiger partial charge in [0.25, 0.3) is 0 Å². The van der Waals surface area contributed by atoms with Gasteiger partial charge in [-0.15, -0.1) is 11.3 Å². The fourth-order valence-electron chi connectivity index (χ4n) is 3.16. The van der Waals surface area contributed by atoms with Gasteiger partial charge in [-0.05, 0) is 55.0 Å². The number of nitrogens with zero attached hydrogens (tertiary/aromatic N) is 1. The van der Waals surface area contributed by atoms with Gasteiger partial charge >= 0.3 is 5.97 Å². The van der Waals surface area contributed by atoms with Crippen LogP contribution in [0.2, 0.25) is 0 Å². The van der Waals surface area contributed by atoms with E-state index in [0.29, 0.717) is 17.4 Å². The summed E-state index contributed by atoms with van der Waals surface area (Å²) in [5.41, 5.74) is 2.47. The lowest BCUT2D eigenvalue weighted by Gasteiger charge is -2.10. The number of aromatic hydroxyl groups is 1. The molecular formula is C24H19NO5S. The third-order valence-electron chi connectivity index (χ3n) is 4.66. The fraction of sp³-hybridized carbons (Fsp3) is 0.0833. The number of aromatic nitrogens is 1. The van der Waals surface area contributed by atoms with Gasteiger partial charge in [0, 0.05) is 27.8 Å². The van der Waals surface area contributed by atoms with E-state index in [1.807, 2.05) is 19.1 Å². The van der Waals surface area contributed by atoms with E-state index in [0.717, 1.165) is 37.9 Å². The Hall–Kier alpha value is -3.84. The second-order valence-electron chi connectivity index (χ2n) is 6.77. The smallest absolute Gasteiger partial charge is 0.328 e. The number of carbonyl (C=O) groups is 1. The zero-order valence-electron chi connectivity index (χ0n) is 16.8. The summed E-state index contributed by atoms with van der Waals surface area (Å²) < 4.78 is 12.4. The molecule has 0 spiro atoms. The van der Waals surface area contributed by atoms with Crippen molar-refractivity contribution < 1.29 is 24.5 Å². The number of thiophene rings is 1. The van der Waals surface area contributed by atoms with Crippen molar-refractivity contribution in [2.75, 3.05) is 7.11 Å². The Bertz CT molecular complexity index is 1290. The van der Waals surface area contributed by atoms with Crippen molar-refractivity contribution in [3.8, 4) is 33.6 Å². The van der Waals surface area contributed by atoms with Crippen molar-refractivity contribution >= 4 is 33.5 Å². The molecule has 2 N–H and O–H groups in total. The molecule has 0 unspecified atom stereocenters. The van der Waals surface area contributed by atoms with Crippen molar-refractivity contribution in [3.05, 3.63) is 71.9 Å². The van der Waals surface area contributed by atoms with Gasteiger partial charge in [0.15, 0.2) is 5.75 Å². The molecule has 0 radical (unpaired) electrons. The number of methoxy groups -OCH3 is 1. The Labute approximate surface area is 182 Å². The number of aliphatic carboxylic acids is 1. The molecule has 2 aromatic heterocycles. The number of phenolic OH excluding ortho intramolecular Hbond substituents is 1. The highest BCUT2D eigenvalue weighted by molar-refractivity contribution is 7.22. The van der Waals surface area contributed by atoms with Crippen LogP contribution in [-0.2, 0) is 4.79 Å². The summed E-state index contributed by atoms with van der Waals surface area (Å²) in [4.78, 5) is 16.1. The van der Waals surface area contributed by atoms with E-state index in [-0.39, 0.29) is 5.75 Å². The highest BCUT2D eigenvalue weighted by Gasteiger charge is 2.19. The summed E-state index contributed by atoms with van der Waals surface area (Å²) in [5, 5.41) is 19.6. The molecule has 6 nitrogen and oxygen atoms in total. The second-order valence-corrected chi connectivity index (χ2v) is 7.82. The van der Waals surface area contributed by atoms with E-state index in [2.05, 4.69) is 4.98 Å². The molecule has 0 aliphatic rings. The Morgan fingerprint density at radius 2 is 1.87 bits per heavy atom. The van der Waals surface area contributed by atoms with Crippen LogP contribution >= 0.6 is 11.3 Å². The van der Waals surface area contributed by atoms with Gasteiger partial charge in [0.2, 0.25) is 5.88 Å². The number of pyridine rings is 1. The van der Waals surface area contributed by atoms with Crippen LogP contribution in [0.1, 0.15) is 11.3 Å². The van der Waals surface area contributed by atoms with Crippen molar-refractivity contribution in [1.82, 2.24) is 4.98 Å². The summed E-state index contributed by atoms with van der Waals surface area (Å²) in [5.74, 6) is 1.00. The maximum absolute atomic E-state index is 10.7. The minimum absolute atomic E-state index is 0.186. The molecule has 4 aromatic rings. The van der Waals surface area contributed by atoms with Crippen LogP contribution < -0.4 is 9.47 Å². The molecule has 0 fully saturated rings. The zero-order valence-corrected chi connectivity index (χ0v) is 17.6. The van der Waals surface area contributed by atoms with E-state index >= 15 is 0 Å². The topological polar surface area (TPSA) is 88.9 Å². The van der Waals surface area contributed by atoms with Gasteiger partial charge in [0.05, 0.1) is 17.7 Å². The second kappa shape index (κ2) is 8.49. The molecule has 0 aliphatic heterocycles. The number of fused-ring (bicyclic) bond motifs is 1. The maximum atomic E-state index is 10.7. The first kappa shape index (κ1) is 20.4. The quantitative estimate of drug-likeness (QED) is 0.369. The van der Waals surface area contributed by atoms with Crippen molar-refractivity contribution in [2.45, 2.75) is 6.92 Å². The van der Waals surface area contributed by atoms with Crippen molar-refractivity contribution in [3.63, 3.8) is 0 Å². The Balaban J connectivity index is 1.78. The minimum Gasteiger partial charge on any atom is -0.508 e. The largest absolute Gasteiger partial charge is 0.508 e. The third kappa shape index (κ3) is 4.36. The molecule has 0 bridgehead atoms. The molecule has 31 heavy (non-hydrogen) atoms. The van der Waals surface area contributed by atoms with Gasteiger partial charge in [0.1, 0.15) is 11.5 Å². The number of phenols is 1. The Morgan fingerprint density at radius 1 is 1.10 bits per heavy atom. The molecule has 2 aromatic carbocycles. The maximum Gasteiger partial charge on any atom is 0.328 e. The summed E-state index contributed by atoms with van der Waals surface area (Å²) in [7, 11) is 1.58. The summed E-state index contributed by atoms with van der Waals surface area (Å²) in [6.45, 7) is 1.91. The molecule has 4 rings (SSSR count). The SMILES string of the molecule is COc1ccc(-c2sc3cc(O)ccc3c2Oc2ccc(C=CC(=O)O)cc2)c(C)n1. The van der Waals surface area contributed by atoms with Gasteiger partial charge < -0.3 is 19.7 Å². The van der Waals surface area contributed by atoms with Crippen LogP contribution in [0.5, 0.6) is 23.1 Å². The lowest BCUT2D eigenvalue weighted by Crippen LogP contribution is -1.93. The van der Waals surface area contributed by atoms with E-state index < -0.39 is 5.97 Å². The molecule has 0 aliphatic carbocycles. The fourth-order valence-corrected chi connectivity index (χ4v) is 4.40. The number of ether oxygens (including phenoxy) is 2. The van der Waals surface area contributed by atoms with E-state index in [1.54, 1.807) is 49.6 Å². The number of rotatable bonds is 6. The van der Waals surface area contributed by atoms with Gasteiger partial charge in [-0.3, -0.25) is 0 Å². The highest BCUT2D eigenvalue weighted by Crippen LogP contribution is 2.47. The number of hydrogen-bond donors (Lipinski definition) is 2. The average molecular weight is 433 g/mol. The van der Waals surface area contributed by atoms with E-state index in [9.17, 15) is 9.90 Å². The number of benzene rings is 2. The monoisotopic (exact) mass is 433 g/mol. The molecule has 0 amide bonds. The molecule has 0 atom stereocenters. The first-order chi connectivity index (χ1) is 14.9. The first-order valence-corrected chi connectivity index (χ1v) is 10.2. The van der Waals surface area contributed by atoms with Crippen molar-refractivity contribution in [1.29, 1.82) is 0 Å². The minimum atomic E-state index is -0.999. The molecule has 7 heteroatoms. The lowest BCUT2D eigenvalue weighted by atomic mass is 10.1. The molecule has 0 saturated heterocycles. The molecular weight excluding hydrogens is 414 g/mol. The number of carboxylic acids is 1. The Kier molecular flexibility index (Phi) is 5.60. The normalized spacial score (nSPS) is 11.2. The van der Waals surface area contributed by atoms with E-state index in [4.69, 9.17) is 14.6 Å². The Morgan fingerprint density at radius 3 is 2.55 bits per heavy atom.